The zero-order valence-corrected chi connectivity index (χ0v) is 13.6. The summed E-state index contributed by atoms with van der Waals surface area (Å²) in [6.45, 7) is 3.83. The van der Waals surface area contributed by atoms with Crippen LogP contribution in [0.3, 0.4) is 0 Å². The first-order valence-electron chi connectivity index (χ1n) is 7.34. The third-order valence-electron chi connectivity index (χ3n) is 3.33. The van der Waals surface area contributed by atoms with E-state index >= 15 is 0 Å². The lowest BCUT2D eigenvalue weighted by molar-refractivity contribution is 0.129. The molecular formula is C16H22N2O3S. The highest BCUT2D eigenvalue weighted by Gasteiger charge is 2.17. The molecule has 0 saturated carbocycles. The summed E-state index contributed by atoms with van der Waals surface area (Å²) in [6.07, 6.45) is 2.02. The molecule has 2 aromatic rings. The highest BCUT2D eigenvalue weighted by molar-refractivity contribution is 7.07. The van der Waals surface area contributed by atoms with E-state index < -0.39 is 6.10 Å². The number of thiophene rings is 1. The summed E-state index contributed by atoms with van der Waals surface area (Å²) in [5, 5.41) is 19.8. The van der Waals surface area contributed by atoms with Crippen molar-refractivity contribution in [2.45, 2.75) is 44.9 Å². The van der Waals surface area contributed by atoms with E-state index in [1.54, 1.807) is 23.5 Å². The number of nitrogens with one attached hydrogen (secondary N) is 2. The number of carbonyl (C=O) groups excluding carboxylic acids is 1. The third-order valence-corrected chi connectivity index (χ3v) is 4.06. The van der Waals surface area contributed by atoms with Crippen LogP contribution in [0.25, 0.3) is 0 Å². The molecule has 6 heteroatoms. The van der Waals surface area contributed by atoms with Gasteiger partial charge in [-0.3, -0.25) is 0 Å². The maximum absolute atomic E-state index is 11.9. The molecule has 5 nitrogen and oxygen atoms in total. The molecular weight excluding hydrogens is 300 g/mol. The minimum atomic E-state index is -0.714. The normalized spacial score (nSPS) is 15.0. The van der Waals surface area contributed by atoms with Gasteiger partial charge in [0.25, 0.3) is 0 Å². The van der Waals surface area contributed by atoms with Crippen molar-refractivity contribution < 1.29 is 14.3 Å². The summed E-state index contributed by atoms with van der Waals surface area (Å²) >= 11 is 1.65. The summed E-state index contributed by atoms with van der Waals surface area (Å²) in [5.41, 5.74) is 1.22. The molecule has 0 aliphatic heterocycles. The van der Waals surface area contributed by atoms with Crippen LogP contribution < -0.4 is 10.6 Å². The standard InChI is InChI=1S/C16H22N2O3S/c1-11(8-13-5-7-22-10-13)17-16(20)18-12(2)9-14(19)15-4-3-6-21-15/h3-7,10-12,14,19H,8-9H2,1-2H3,(H2,17,18,20)/t11-,12+,14-/m1/s1. The number of rotatable bonds is 7. The van der Waals surface area contributed by atoms with Crippen LogP contribution in [-0.4, -0.2) is 23.2 Å². The fourth-order valence-corrected chi connectivity index (χ4v) is 2.97. The average molecular weight is 322 g/mol. The Labute approximate surface area is 134 Å². The van der Waals surface area contributed by atoms with Gasteiger partial charge in [-0.15, -0.1) is 0 Å². The molecule has 0 bridgehead atoms. The number of aliphatic hydroxyl groups is 1. The lowest BCUT2D eigenvalue weighted by Gasteiger charge is -2.19. The molecule has 120 valence electrons. The summed E-state index contributed by atoms with van der Waals surface area (Å²) in [5.74, 6) is 0.514. The Morgan fingerprint density at radius 1 is 1.32 bits per heavy atom. The quantitative estimate of drug-likeness (QED) is 0.733. The van der Waals surface area contributed by atoms with Crippen LogP contribution in [-0.2, 0) is 6.42 Å². The molecule has 3 N–H and O–H groups in total. The molecule has 2 rings (SSSR count). The maximum Gasteiger partial charge on any atom is 0.315 e. The predicted molar refractivity (Wildman–Crippen MR) is 86.9 cm³/mol. The molecule has 0 aromatic carbocycles. The zero-order chi connectivity index (χ0) is 15.9. The molecule has 0 fully saturated rings. The Morgan fingerprint density at radius 2 is 2.09 bits per heavy atom. The highest BCUT2D eigenvalue weighted by Crippen LogP contribution is 2.18. The molecule has 3 atom stereocenters. The largest absolute Gasteiger partial charge is 0.467 e. The average Bonchev–Trinajstić information content (AvgIpc) is 3.10. The van der Waals surface area contributed by atoms with Crippen molar-refractivity contribution >= 4 is 17.4 Å². The van der Waals surface area contributed by atoms with Gasteiger partial charge in [-0.2, -0.15) is 11.3 Å². The van der Waals surface area contributed by atoms with Crippen molar-refractivity contribution in [3.8, 4) is 0 Å². The van der Waals surface area contributed by atoms with Gasteiger partial charge in [0.2, 0.25) is 0 Å². The monoisotopic (exact) mass is 322 g/mol. The maximum atomic E-state index is 11.9. The van der Waals surface area contributed by atoms with Crippen LogP contribution in [0.2, 0.25) is 0 Å². The van der Waals surface area contributed by atoms with E-state index in [1.165, 1.54) is 11.8 Å². The van der Waals surface area contributed by atoms with E-state index in [0.29, 0.717) is 12.2 Å². The predicted octanol–water partition coefficient (Wildman–Crippen LogP) is 3.08. The van der Waals surface area contributed by atoms with Gasteiger partial charge in [0.1, 0.15) is 11.9 Å². The molecule has 0 aliphatic carbocycles. The van der Waals surface area contributed by atoms with Crippen LogP contribution in [0.4, 0.5) is 4.79 Å². The number of carbonyl (C=O) groups is 1. The number of hydrogen-bond acceptors (Lipinski definition) is 4. The minimum absolute atomic E-state index is 0.0526. The van der Waals surface area contributed by atoms with E-state index in [4.69, 9.17) is 4.42 Å². The van der Waals surface area contributed by atoms with Crippen molar-refractivity contribution in [1.29, 1.82) is 0 Å². The Kier molecular flexibility index (Phi) is 6.03. The fraction of sp³-hybridized carbons (Fsp3) is 0.438. The van der Waals surface area contributed by atoms with E-state index in [2.05, 4.69) is 22.1 Å². The van der Waals surface area contributed by atoms with Gasteiger partial charge in [0.05, 0.1) is 6.26 Å². The highest BCUT2D eigenvalue weighted by atomic mass is 32.1. The van der Waals surface area contributed by atoms with Crippen LogP contribution in [0.1, 0.15) is 37.7 Å². The van der Waals surface area contributed by atoms with Gasteiger partial charge in [0.15, 0.2) is 0 Å². The second-order valence-corrected chi connectivity index (χ2v) is 6.30. The first-order valence-corrected chi connectivity index (χ1v) is 8.28. The van der Waals surface area contributed by atoms with E-state index in [0.717, 1.165) is 6.42 Å². The topological polar surface area (TPSA) is 74.5 Å². The third kappa shape index (κ3) is 5.20. The second-order valence-electron chi connectivity index (χ2n) is 5.52. The fourth-order valence-electron chi connectivity index (χ4n) is 2.29. The smallest absolute Gasteiger partial charge is 0.315 e. The van der Waals surface area contributed by atoms with Crippen molar-refractivity contribution in [3.05, 3.63) is 46.5 Å². The number of urea groups is 1. The van der Waals surface area contributed by atoms with Crippen molar-refractivity contribution in [3.63, 3.8) is 0 Å². The number of amides is 2. The molecule has 0 aliphatic rings. The zero-order valence-electron chi connectivity index (χ0n) is 12.8. The molecule has 2 heterocycles. The molecule has 0 saturated heterocycles. The SMILES string of the molecule is C[C@H](Cc1ccsc1)NC(=O)N[C@@H](C)C[C@@H](O)c1ccco1. The first kappa shape index (κ1) is 16.6. The Balaban J connectivity index is 1.71. The Hall–Kier alpha value is -1.79. The molecule has 0 unspecified atom stereocenters. The van der Waals surface area contributed by atoms with Gasteiger partial charge in [-0.05, 0) is 54.8 Å². The number of hydrogen-bond donors (Lipinski definition) is 3. The number of aliphatic hydroxyl groups excluding tert-OH is 1. The van der Waals surface area contributed by atoms with Crippen LogP contribution in [0, 0.1) is 0 Å². The van der Waals surface area contributed by atoms with Gasteiger partial charge in [-0.25, -0.2) is 4.79 Å². The molecule has 0 spiro atoms. The Bertz CT molecular complexity index is 554. The minimum Gasteiger partial charge on any atom is -0.467 e. The van der Waals surface area contributed by atoms with Gasteiger partial charge in [0, 0.05) is 18.5 Å². The van der Waals surface area contributed by atoms with Gasteiger partial charge < -0.3 is 20.2 Å². The number of furan rings is 1. The lowest BCUT2D eigenvalue weighted by atomic mass is 10.1. The molecule has 22 heavy (non-hydrogen) atoms. The van der Waals surface area contributed by atoms with Crippen molar-refractivity contribution in [2.75, 3.05) is 0 Å². The second kappa shape index (κ2) is 8.00. The summed E-state index contributed by atoms with van der Waals surface area (Å²) in [7, 11) is 0. The molecule has 2 aromatic heterocycles. The summed E-state index contributed by atoms with van der Waals surface area (Å²) < 4.78 is 5.15. The van der Waals surface area contributed by atoms with E-state index in [9.17, 15) is 9.90 Å². The molecule has 2 amide bonds. The van der Waals surface area contributed by atoms with Gasteiger partial charge >= 0.3 is 6.03 Å². The van der Waals surface area contributed by atoms with Crippen LogP contribution in [0.15, 0.2) is 39.6 Å². The molecule has 0 radical (unpaired) electrons. The van der Waals surface area contributed by atoms with E-state index in [1.807, 2.05) is 19.2 Å². The van der Waals surface area contributed by atoms with Crippen LogP contribution >= 0.6 is 11.3 Å². The Morgan fingerprint density at radius 3 is 2.73 bits per heavy atom. The first-order chi connectivity index (χ1) is 10.5. The van der Waals surface area contributed by atoms with Crippen LogP contribution in [0.5, 0.6) is 0 Å². The summed E-state index contributed by atoms with van der Waals surface area (Å²) in [4.78, 5) is 11.9. The van der Waals surface area contributed by atoms with Crippen molar-refractivity contribution in [2.24, 2.45) is 0 Å². The van der Waals surface area contributed by atoms with E-state index in [-0.39, 0.29) is 18.1 Å². The summed E-state index contributed by atoms with van der Waals surface area (Å²) in [6, 6.07) is 5.19. The lowest BCUT2D eigenvalue weighted by Crippen LogP contribution is -2.45. The van der Waals surface area contributed by atoms with Gasteiger partial charge in [-0.1, -0.05) is 0 Å². The van der Waals surface area contributed by atoms with Crippen molar-refractivity contribution in [1.82, 2.24) is 10.6 Å².